The Hall–Kier alpha value is -2.04. The number of anilines is 1. The standard InChI is InChI=1S/C26H42N2O3/c1-5-6-7-8-9-10-11-12-13-21-14-16-23(17-15-21)27-24(29)22-18-19-28(20-22)25(30)31-26(2,3)4/h14-17,22H,5-13,18-20H2,1-4H3,(H,27,29)/t22-/m1/s1. The van der Waals surface area contributed by atoms with Crippen LogP contribution in [0.1, 0.15) is 91.0 Å². The molecule has 1 N–H and O–H groups in total. The molecule has 31 heavy (non-hydrogen) atoms. The van der Waals surface area contributed by atoms with E-state index < -0.39 is 5.60 Å². The second-order valence-corrected chi connectivity index (χ2v) is 9.82. The number of ether oxygens (including phenoxy) is 1. The molecule has 0 spiro atoms. The molecule has 1 aromatic rings. The highest BCUT2D eigenvalue weighted by molar-refractivity contribution is 5.93. The Bertz CT molecular complexity index is 679. The first kappa shape index (κ1) is 25.2. The summed E-state index contributed by atoms with van der Waals surface area (Å²) in [6.07, 6.45) is 12.1. The zero-order valence-electron chi connectivity index (χ0n) is 20.0. The van der Waals surface area contributed by atoms with Gasteiger partial charge in [-0.15, -0.1) is 0 Å². The predicted molar refractivity (Wildman–Crippen MR) is 127 cm³/mol. The summed E-state index contributed by atoms with van der Waals surface area (Å²) in [6, 6.07) is 8.19. The van der Waals surface area contributed by atoms with E-state index in [9.17, 15) is 9.59 Å². The average molecular weight is 431 g/mol. The molecular weight excluding hydrogens is 388 g/mol. The topological polar surface area (TPSA) is 58.6 Å². The molecule has 1 heterocycles. The predicted octanol–water partition coefficient (Wildman–Crippen LogP) is 6.57. The van der Waals surface area contributed by atoms with Gasteiger partial charge in [0.2, 0.25) is 5.91 Å². The Morgan fingerprint density at radius 3 is 2.23 bits per heavy atom. The van der Waals surface area contributed by atoms with Crippen LogP contribution in [0, 0.1) is 5.92 Å². The van der Waals surface area contributed by atoms with Crippen LogP contribution in [-0.2, 0) is 16.0 Å². The summed E-state index contributed by atoms with van der Waals surface area (Å²) in [7, 11) is 0. The molecule has 1 aliphatic heterocycles. The molecule has 0 bridgehead atoms. The fraction of sp³-hybridized carbons (Fsp3) is 0.692. The molecule has 2 rings (SSSR count). The Morgan fingerprint density at radius 2 is 1.61 bits per heavy atom. The second kappa shape index (κ2) is 12.7. The van der Waals surface area contributed by atoms with E-state index in [4.69, 9.17) is 4.74 Å². The molecule has 1 aliphatic rings. The Balaban J connectivity index is 1.67. The van der Waals surface area contributed by atoms with Crippen molar-refractivity contribution in [3.05, 3.63) is 29.8 Å². The first-order valence-corrected chi connectivity index (χ1v) is 12.2. The number of carbonyl (C=O) groups is 2. The number of aryl methyl sites for hydroxylation is 1. The fourth-order valence-electron chi connectivity index (χ4n) is 3.93. The van der Waals surface area contributed by atoms with Gasteiger partial charge < -0.3 is 15.0 Å². The van der Waals surface area contributed by atoms with Gasteiger partial charge in [-0.05, 0) is 57.7 Å². The third-order valence-electron chi connectivity index (χ3n) is 5.75. The number of benzene rings is 1. The van der Waals surface area contributed by atoms with Crippen LogP contribution in [0.25, 0.3) is 0 Å². The molecule has 5 nitrogen and oxygen atoms in total. The van der Waals surface area contributed by atoms with Gasteiger partial charge in [0.25, 0.3) is 0 Å². The molecule has 1 atom stereocenters. The van der Waals surface area contributed by atoms with Gasteiger partial charge in [-0.25, -0.2) is 4.79 Å². The quantitative estimate of drug-likeness (QED) is 0.404. The molecular formula is C26H42N2O3. The maximum Gasteiger partial charge on any atom is 0.410 e. The maximum absolute atomic E-state index is 12.6. The summed E-state index contributed by atoms with van der Waals surface area (Å²) in [5.74, 6) is -0.216. The highest BCUT2D eigenvalue weighted by Gasteiger charge is 2.33. The third-order valence-corrected chi connectivity index (χ3v) is 5.75. The number of likely N-dealkylation sites (tertiary alicyclic amines) is 1. The lowest BCUT2D eigenvalue weighted by molar-refractivity contribution is -0.119. The monoisotopic (exact) mass is 430 g/mol. The van der Waals surface area contributed by atoms with Crippen molar-refractivity contribution < 1.29 is 14.3 Å². The summed E-state index contributed by atoms with van der Waals surface area (Å²) < 4.78 is 5.41. The normalized spacial score (nSPS) is 16.4. The van der Waals surface area contributed by atoms with Gasteiger partial charge in [-0.2, -0.15) is 0 Å². The summed E-state index contributed by atoms with van der Waals surface area (Å²) in [5.41, 5.74) is 1.62. The molecule has 5 heteroatoms. The van der Waals surface area contributed by atoms with Gasteiger partial charge in [-0.1, -0.05) is 64.0 Å². The number of unbranched alkanes of at least 4 members (excludes halogenated alkanes) is 7. The van der Waals surface area contributed by atoms with Crippen molar-refractivity contribution in [2.75, 3.05) is 18.4 Å². The van der Waals surface area contributed by atoms with Crippen LogP contribution in [-0.4, -0.2) is 35.6 Å². The van der Waals surface area contributed by atoms with Gasteiger partial charge in [0, 0.05) is 18.8 Å². The SMILES string of the molecule is CCCCCCCCCCc1ccc(NC(=O)[C@@H]2CCN(C(=O)OC(C)(C)C)C2)cc1. The average Bonchev–Trinajstić information content (AvgIpc) is 3.21. The van der Waals surface area contributed by atoms with E-state index in [1.54, 1.807) is 4.90 Å². The maximum atomic E-state index is 12.6. The third kappa shape index (κ3) is 9.75. The number of nitrogens with one attached hydrogen (secondary N) is 1. The van der Waals surface area contributed by atoms with Gasteiger partial charge in [0.15, 0.2) is 0 Å². The van der Waals surface area contributed by atoms with Crippen LogP contribution in [0.3, 0.4) is 0 Å². The number of rotatable bonds is 11. The Labute approximate surface area is 188 Å². The molecule has 0 saturated carbocycles. The smallest absolute Gasteiger partial charge is 0.410 e. The van der Waals surface area contributed by atoms with Crippen molar-refractivity contribution in [3.8, 4) is 0 Å². The van der Waals surface area contributed by atoms with Crippen molar-refractivity contribution in [3.63, 3.8) is 0 Å². The molecule has 0 radical (unpaired) electrons. The molecule has 1 aromatic carbocycles. The van der Waals surface area contributed by atoms with Crippen LogP contribution in [0.4, 0.5) is 10.5 Å². The van der Waals surface area contributed by atoms with Crippen LogP contribution >= 0.6 is 0 Å². The lowest BCUT2D eigenvalue weighted by Crippen LogP contribution is -2.36. The lowest BCUT2D eigenvalue weighted by atomic mass is 10.0. The summed E-state index contributed by atoms with van der Waals surface area (Å²) in [4.78, 5) is 26.4. The summed E-state index contributed by atoms with van der Waals surface area (Å²) in [6.45, 7) is 8.78. The van der Waals surface area contributed by atoms with Gasteiger partial charge in [0.05, 0.1) is 5.92 Å². The highest BCUT2D eigenvalue weighted by atomic mass is 16.6. The molecule has 1 fully saturated rings. The first-order valence-electron chi connectivity index (χ1n) is 12.2. The van der Waals surface area contributed by atoms with E-state index in [0.717, 1.165) is 12.1 Å². The van der Waals surface area contributed by atoms with E-state index >= 15 is 0 Å². The Kier molecular flexibility index (Phi) is 10.4. The lowest BCUT2D eigenvalue weighted by Gasteiger charge is -2.24. The van der Waals surface area contributed by atoms with Crippen molar-refractivity contribution >= 4 is 17.7 Å². The number of nitrogens with zero attached hydrogens (tertiary/aromatic N) is 1. The minimum atomic E-state index is -0.520. The van der Waals surface area contributed by atoms with Gasteiger partial charge >= 0.3 is 6.09 Å². The zero-order chi connectivity index (χ0) is 22.7. The molecule has 0 aliphatic carbocycles. The van der Waals surface area contributed by atoms with E-state index in [1.165, 1.54) is 56.9 Å². The van der Waals surface area contributed by atoms with Gasteiger partial charge in [-0.3, -0.25) is 4.79 Å². The second-order valence-electron chi connectivity index (χ2n) is 9.82. The molecule has 0 unspecified atom stereocenters. The summed E-state index contributed by atoms with van der Waals surface area (Å²) in [5, 5.41) is 3.00. The largest absolute Gasteiger partial charge is 0.444 e. The van der Waals surface area contributed by atoms with Crippen molar-refractivity contribution in [2.24, 2.45) is 5.92 Å². The molecule has 0 aromatic heterocycles. The molecule has 2 amide bonds. The van der Waals surface area contributed by atoms with E-state index in [-0.39, 0.29) is 17.9 Å². The van der Waals surface area contributed by atoms with Crippen LogP contribution in [0.15, 0.2) is 24.3 Å². The highest BCUT2D eigenvalue weighted by Crippen LogP contribution is 2.22. The van der Waals surface area contributed by atoms with Crippen LogP contribution < -0.4 is 5.32 Å². The van der Waals surface area contributed by atoms with Crippen molar-refractivity contribution in [2.45, 2.75) is 97.5 Å². The van der Waals surface area contributed by atoms with Crippen LogP contribution in [0.5, 0.6) is 0 Å². The Morgan fingerprint density at radius 1 is 1.00 bits per heavy atom. The van der Waals surface area contributed by atoms with Crippen LogP contribution in [0.2, 0.25) is 0 Å². The zero-order valence-corrected chi connectivity index (χ0v) is 20.0. The van der Waals surface area contributed by atoms with E-state index in [2.05, 4.69) is 24.4 Å². The number of hydrogen-bond donors (Lipinski definition) is 1. The summed E-state index contributed by atoms with van der Waals surface area (Å²) >= 11 is 0. The van der Waals surface area contributed by atoms with E-state index in [0.29, 0.717) is 19.5 Å². The van der Waals surface area contributed by atoms with E-state index in [1.807, 2.05) is 32.9 Å². The number of hydrogen-bond acceptors (Lipinski definition) is 3. The number of amides is 2. The molecule has 1 saturated heterocycles. The minimum Gasteiger partial charge on any atom is -0.444 e. The van der Waals surface area contributed by atoms with Crippen molar-refractivity contribution in [1.82, 2.24) is 4.90 Å². The van der Waals surface area contributed by atoms with Crippen molar-refractivity contribution in [1.29, 1.82) is 0 Å². The fourth-order valence-corrected chi connectivity index (χ4v) is 3.93. The van der Waals surface area contributed by atoms with Gasteiger partial charge in [0.1, 0.15) is 5.60 Å². The minimum absolute atomic E-state index is 0.0260. The molecule has 174 valence electrons. The first-order chi connectivity index (χ1) is 14.8. The number of carbonyl (C=O) groups excluding carboxylic acids is 2.